The van der Waals surface area contributed by atoms with Crippen molar-refractivity contribution in [3.63, 3.8) is 0 Å². The van der Waals surface area contributed by atoms with Crippen LogP contribution < -0.4 is 0 Å². The second-order valence-electron chi connectivity index (χ2n) is 6.98. The molecule has 1 fully saturated rings. The molecule has 23 heavy (non-hydrogen) atoms. The number of benzene rings is 2. The van der Waals surface area contributed by atoms with E-state index in [1.54, 1.807) is 11.1 Å². The van der Waals surface area contributed by atoms with Crippen LogP contribution >= 0.6 is 27.5 Å². The lowest BCUT2D eigenvalue weighted by atomic mass is 9.80. The van der Waals surface area contributed by atoms with Crippen LogP contribution in [0.5, 0.6) is 0 Å². The Bertz CT molecular complexity index is 715. The van der Waals surface area contributed by atoms with E-state index in [2.05, 4.69) is 57.2 Å². The zero-order chi connectivity index (χ0) is 15.8. The molecule has 0 saturated carbocycles. The smallest absolute Gasteiger partial charge is 0.0409 e. The first-order valence-electron chi connectivity index (χ1n) is 8.43. The van der Waals surface area contributed by atoms with E-state index in [0.29, 0.717) is 6.04 Å². The first-order valence-corrected chi connectivity index (χ1v) is 9.60. The quantitative estimate of drug-likeness (QED) is 0.656. The fraction of sp³-hybridized carbons (Fsp3) is 0.400. The third-order valence-corrected chi connectivity index (χ3v) is 6.05. The molecule has 0 radical (unpaired) electrons. The maximum atomic E-state index is 6.16. The molecule has 0 unspecified atom stereocenters. The van der Waals surface area contributed by atoms with Gasteiger partial charge in [-0.1, -0.05) is 45.7 Å². The first kappa shape index (κ1) is 15.7. The van der Waals surface area contributed by atoms with E-state index in [4.69, 9.17) is 11.6 Å². The average molecular weight is 391 g/mol. The molecule has 1 nitrogen and oxygen atoms in total. The van der Waals surface area contributed by atoms with E-state index in [0.717, 1.165) is 17.5 Å². The monoisotopic (exact) mass is 389 g/mol. The minimum Gasteiger partial charge on any atom is -0.296 e. The molecule has 3 heteroatoms. The van der Waals surface area contributed by atoms with Crippen LogP contribution in [-0.4, -0.2) is 17.5 Å². The van der Waals surface area contributed by atoms with E-state index in [1.807, 2.05) is 6.07 Å². The van der Waals surface area contributed by atoms with Crippen molar-refractivity contribution in [1.82, 2.24) is 4.90 Å². The van der Waals surface area contributed by atoms with E-state index in [-0.39, 0.29) is 0 Å². The van der Waals surface area contributed by atoms with Gasteiger partial charge in [-0.2, -0.15) is 0 Å². The Balaban J connectivity index is 1.59. The molecule has 2 aliphatic heterocycles. The number of hydrogen-bond donors (Lipinski definition) is 0. The fourth-order valence-corrected chi connectivity index (χ4v) is 4.81. The highest BCUT2D eigenvalue weighted by molar-refractivity contribution is 9.10. The van der Waals surface area contributed by atoms with Gasteiger partial charge in [0.15, 0.2) is 0 Å². The molecule has 1 aliphatic carbocycles. The summed E-state index contributed by atoms with van der Waals surface area (Å²) >= 11 is 9.79. The van der Waals surface area contributed by atoms with Crippen LogP contribution in [0.2, 0.25) is 5.02 Å². The van der Waals surface area contributed by atoms with E-state index >= 15 is 0 Å². The molecular formula is C20H21BrClN. The lowest BCUT2D eigenvalue weighted by Crippen LogP contribution is -2.46. The second kappa shape index (κ2) is 6.58. The van der Waals surface area contributed by atoms with Crippen molar-refractivity contribution in [3.05, 3.63) is 68.7 Å². The lowest BCUT2D eigenvalue weighted by Gasteiger charge is -2.42. The van der Waals surface area contributed by atoms with Crippen LogP contribution in [0.25, 0.3) is 0 Å². The number of halogens is 2. The van der Waals surface area contributed by atoms with Crippen LogP contribution in [0.1, 0.15) is 29.5 Å². The summed E-state index contributed by atoms with van der Waals surface area (Å²) in [6.45, 7) is 2.23. The fourth-order valence-electron chi connectivity index (χ4n) is 4.19. The Morgan fingerprint density at radius 3 is 2.83 bits per heavy atom. The molecule has 2 atom stereocenters. The number of piperidine rings is 1. The van der Waals surface area contributed by atoms with Gasteiger partial charge in [-0.25, -0.2) is 0 Å². The maximum Gasteiger partial charge on any atom is 0.0409 e. The minimum absolute atomic E-state index is 0.658. The molecule has 0 amide bonds. The van der Waals surface area contributed by atoms with Gasteiger partial charge in [0.25, 0.3) is 0 Å². The van der Waals surface area contributed by atoms with E-state index in [1.165, 1.54) is 42.3 Å². The van der Waals surface area contributed by atoms with E-state index in [9.17, 15) is 0 Å². The molecule has 0 aromatic heterocycles. The maximum absolute atomic E-state index is 6.16. The molecule has 3 aliphatic rings. The van der Waals surface area contributed by atoms with Crippen molar-refractivity contribution in [2.75, 3.05) is 6.54 Å². The standard InChI is InChI=1S/C20H21BrClN/c21-18-6-5-16-11-20-7-4-15(8-17(16)10-18)13-23(20)12-14-2-1-3-19(22)9-14/h1-3,5-6,9-10,15,20H,4,7-8,11-13H2/t15-,20+/m0/s1. The summed E-state index contributed by atoms with van der Waals surface area (Å²) in [5, 5.41) is 0.842. The Morgan fingerprint density at radius 1 is 1.04 bits per heavy atom. The summed E-state index contributed by atoms with van der Waals surface area (Å²) in [5.41, 5.74) is 4.43. The summed E-state index contributed by atoms with van der Waals surface area (Å²) in [7, 11) is 0. The first-order chi connectivity index (χ1) is 11.2. The SMILES string of the molecule is Clc1cccc(CN2C[C@H]3CC[C@@H]2Cc2ccc(Br)cc2C3)c1. The van der Waals surface area contributed by atoms with E-state index < -0.39 is 0 Å². The third kappa shape index (κ3) is 3.50. The van der Waals surface area contributed by atoms with Gasteiger partial charge in [0.2, 0.25) is 0 Å². The van der Waals surface area contributed by atoms with Crippen LogP contribution in [0.15, 0.2) is 46.9 Å². The Labute approximate surface area is 151 Å². The summed E-state index contributed by atoms with van der Waals surface area (Å²) in [4.78, 5) is 2.69. The van der Waals surface area contributed by atoms with Crippen molar-refractivity contribution in [1.29, 1.82) is 0 Å². The topological polar surface area (TPSA) is 3.24 Å². The summed E-state index contributed by atoms with van der Waals surface area (Å²) in [6, 6.07) is 15.8. The largest absolute Gasteiger partial charge is 0.296 e. The van der Waals surface area contributed by atoms with Crippen molar-refractivity contribution in [2.24, 2.45) is 5.92 Å². The van der Waals surface area contributed by atoms with Gasteiger partial charge >= 0.3 is 0 Å². The van der Waals surface area contributed by atoms with Crippen molar-refractivity contribution < 1.29 is 0 Å². The van der Waals surface area contributed by atoms with Crippen molar-refractivity contribution in [3.8, 4) is 0 Å². The molecule has 2 aromatic carbocycles. The number of fused-ring (bicyclic) bond motifs is 2. The zero-order valence-corrected chi connectivity index (χ0v) is 15.5. The Morgan fingerprint density at radius 2 is 1.96 bits per heavy atom. The van der Waals surface area contributed by atoms with Crippen LogP contribution in [-0.2, 0) is 19.4 Å². The molecule has 2 heterocycles. The normalized spacial score (nSPS) is 24.1. The zero-order valence-electron chi connectivity index (χ0n) is 13.1. The number of hydrogen-bond acceptors (Lipinski definition) is 1. The Hall–Kier alpha value is -0.830. The van der Waals surface area contributed by atoms with Gasteiger partial charge in [0.1, 0.15) is 0 Å². The second-order valence-corrected chi connectivity index (χ2v) is 8.33. The summed E-state index contributed by atoms with van der Waals surface area (Å²) in [6.07, 6.45) is 5.08. The highest BCUT2D eigenvalue weighted by Crippen LogP contribution is 2.34. The summed E-state index contributed by atoms with van der Waals surface area (Å²) < 4.78 is 1.21. The minimum atomic E-state index is 0.658. The van der Waals surface area contributed by atoms with Crippen LogP contribution in [0.3, 0.4) is 0 Å². The van der Waals surface area contributed by atoms with Crippen LogP contribution in [0.4, 0.5) is 0 Å². The molecule has 0 N–H and O–H groups in total. The predicted molar refractivity (Wildman–Crippen MR) is 99.9 cm³/mol. The van der Waals surface area contributed by atoms with Gasteiger partial charge in [0, 0.05) is 28.6 Å². The number of rotatable bonds is 2. The van der Waals surface area contributed by atoms with Gasteiger partial charge in [0.05, 0.1) is 0 Å². The Kier molecular flexibility index (Phi) is 4.49. The average Bonchev–Trinajstić information content (AvgIpc) is 2.49. The van der Waals surface area contributed by atoms with Gasteiger partial charge in [-0.05, 0) is 72.6 Å². The predicted octanol–water partition coefficient (Wildman–Crippen LogP) is 5.48. The van der Waals surface area contributed by atoms with Crippen LogP contribution in [0, 0.1) is 5.92 Å². The molecule has 1 saturated heterocycles. The highest BCUT2D eigenvalue weighted by atomic mass is 79.9. The van der Waals surface area contributed by atoms with Crippen molar-refractivity contribution in [2.45, 2.75) is 38.3 Å². The molecule has 5 rings (SSSR count). The molecular weight excluding hydrogens is 370 g/mol. The van der Waals surface area contributed by atoms with Gasteiger partial charge < -0.3 is 0 Å². The van der Waals surface area contributed by atoms with Gasteiger partial charge in [-0.3, -0.25) is 4.90 Å². The highest BCUT2D eigenvalue weighted by Gasteiger charge is 2.31. The number of nitrogens with zero attached hydrogens (tertiary/aromatic N) is 1. The van der Waals surface area contributed by atoms with Gasteiger partial charge in [-0.15, -0.1) is 0 Å². The molecule has 120 valence electrons. The molecule has 2 aromatic rings. The molecule has 0 spiro atoms. The molecule has 2 bridgehead atoms. The lowest BCUT2D eigenvalue weighted by molar-refractivity contribution is 0.0938. The third-order valence-electron chi connectivity index (χ3n) is 5.32. The summed E-state index contributed by atoms with van der Waals surface area (Å²) in [5.74, 6) is 0.777. The van der Waals surface area contributed by atoms with Crippen molar-refractivity contribution >= 4 is 27.5 Å².